The second kappa shape index (κ2) is 9.55. The van der Waals surface area contributed by atoms with Gasteiger partial charge in [0, 0.05) is 6.42 Å². The Hall–Kier alpha value is -1.44. The summed E-state index contributed by atoms with van der Waals surface area (Å²) >= 11 is 0. The minimum absolute atomic E-state index is 0.135. The van der Waals surface area contributed by atoms with Crippen LogP contribution in [0.2, 0.25) is 0 Å². The predicted octanol–water partition coefficient (Wildman–Crippen LogP) is 0.437. The Morgan fingerprint density at radius 1 is 1.18 bits per heavy atom. The van der Waals surface area contributed by atoms with E-state index in [1.165, 1.54) is 7.11 Å². The van der Waals surface area contributed by atoms with Crippen LogP contribution in [0.25, 0.3) is 0 Å². The van der Waals surface area contributed by atoms with Crippen molar-refractivity contribution in [2.75, 3.05) is 31.9 Å². The van der Waals surface area contributed by atoms with E-state index in [0.717, 1.165) is 5.75 Å². The Balaban J connectivity index is 4.63. The largest absolute Gasteiger partial charge is 0.468 e. The first-order valence-corrected chi connectivity index (χ1v) is 9.14. The van der Waals surface area contributed by atoms with Crippen molar-refractivity contribution in [3.05, 3.63) is 0 Å². The smallest absolute Gasteiger partial charge is 0.408 e. The van der Waals surface area contributed by atoms with Crippen LogP contribution in [0.15, 0.2) is 0 Å². The zero-order valence-corrected chi connectivity index (χ0v) is 15.0. The SMILES string of the molecule is COC(=O)CNC(=O)[C@H](CC[S+](C)C)NC(=O)OC(C)(C)C. The zero-order valence-electron chi connectivity index (χ0n) is 14.1. The zero-order chi connectivity index (χ0) is 17.3. The molecule has 0 aromatic carbocycles. The molecule has 2 amide bonds. The van der Waals surface area contributed by atoms with Crippen LogP contribution in [-0.2, 0) is 30.0 Å². The minimum atomic E-state index is -0.741. The van der Waals surface area contributed by atoms with Crippen molar-refractivity contribution >= 4 is 28.9 Å². The molecule has 0 aliphatic rings. The molecule has 22 heavy (non-hydrogen) atoms. The third-order valence-electron chi connectivity index (χ3n) is 2.46. The highest BCUT2D eigenvalue weighted by Gasteiger charge is 2.26. The molecule has 0 aliphatic carbocycles. The normalized spacial score (nSPS) is 12.5. The maximum absolute atomic E-state index is 12.1. The first-order chi connectivity index (χ1) is 10.0. The summed E-state index contributed by atoms with van der Waals surface area (Å²) in [7, 11) is 1.38. The van der Waals surface area contributed by atoms with Crippen LogP contribution in [-0.4, -0.2) is 61.5 Å². The molecule has 128 valence electrons. The number of hydrogen-bond acceptors (Lipinski definition) is 5. The van der Waals surface area contributed by atoms with E-state index in [0.29, 0.717) is 6.42 Å². The molecule has 0 aromatic heterocycles. The van der Waals surface area contributed by atoms with Crippen LogP contribution in [0, 0.1) is 0 Å². The average molecular weight is 335 g/mol. The second-order valence-corrected chi connectivity index (χ2v) is 8.35. The summed E-state index contributed by atoms with van der Waals surface area (Å²) in [6, 6.07) is -0.741. The number of carbonyl (C=O) groups excluding carboxylic acids is 3. The number of alkyl carbamates (subject to hydrolysis) is 1. The van der Waals surface area contributed by atoms with E-state index in [-0.39, 0.29) is 17.4 Å². The van der Waals surface area contributed by atoms with Crippen molar-refractivity contribution in [2.45, 2.75) is 38.8 Å². The highest BCUT2D eigenvalue weighted by Crippen LogP contribution is 2.07. The van der Waals surface area contributed by atoms with Gasteiger partial charge in [-0.2, -0.15) is 0 Å². The van der Waals surface area contributed by atoms with Gasteiger partial charge in [0.05, 0.1) is 19.6 Å². The van der Waals surface area contributed by atoms with Crippen molar-refractivity contribution in [2.24, 2.45) is 0 Å². The lowest BCUT2D eigenvalue weighted by molar-refractivity contribution is -0.141. The van der Waals surface area contributed by atoms with Crippen molar-refractivity contribution in [1.82, 2.24) is 10.6 Å². The lowest BCUT2D eigenvalue weighted by Crippen LogP contribution is -2.49. The van der Waals surface area contributed by atoms with Gasteiger partial charge < -0.3 is 20.1 Å². The molecule has 0 heterocycles. The van der Waals surface area contributed by atoms with Crippen LogP contribution in [0.3, 0.4) is 0 Å². The van der Waals surface area contributed by atoms with Gasteiger partial charge in [0.25, 0.3) is 0 Å². The van der Waals surface area contributed by atoms with Crippen LogP contribution < -0.4 is 10.6 Å². The molecule has 0 rings (SSSR count). The molecule has 0 aromatic rings. The maximum Gasteiger partial charge on any atom is 0.408 e. The standard InChI is InChI=1S/C14H26N2O5S/c1-14(2,3)21-13(19)16-10(7-8-22(5)6)12(18)15-9-11(17)20-4/h10H,7-9H2,1-6H3,(H-,15,16,18,19)/p+1/t10-/m0/s1. The van der Waals surface area contributed by atoms with Gasteiger partial charge in [0.15, 0.2) is 0 Å². The van der Waals surface area contributed by atoms with E-state index in [1.54, 1.807) is 20.8 Å². The predicted molar refractivity (Wildman–Crippen MR) is 86.9 cm³/mol. The first kappa shape index (κ1) is 20.6. The Kier molecular flexibility index (Phi) is 8.93. The molecule has 1 atom stereocenters. The van der Waals surface area contributed by atoms with Crippen LogP contribution >= 0.6 is 0 Å². The molecule has 2 N–H and O–H groups in total. The van der Waals surface area contributed by atoms with E-state index in [2.05, 4.69) is 27.9 Å². The summed E-state index contributed by atoms with van der Waals surface area (Å²) in [5, 5.41) is 4.99. The number of methoxy groups -OCH3 is 1. The lowest BCUT2D eigenvalue weighted by Gasteiger charge is -2.23. The molecule has 0 saturated carbocycles. The number of rotatable bonds is 7. The number of ether oxygens (including phenoxy) is 2. The summed E-state index contributed by atoms with van der Waals surface area (Å²) in [5.74, 6) is -0.191. The van der Waals surface area contributed by atoms with Crippen molar-refractivity contribution in [3.8, 4) is 0 Å². The molecule has 0 unspecified atom stereocenters. The fraction of sp³-hybridized carbons (Fsp3) is 0.786. The van der Waals surface area contributed by atoms with Crippen LogP contribution in [0.1, 0.15) is 27.2 Å². The maximum atomic E-state index is 12.1. The molecular formula is C14H27N2O5S+. The molecular weight excluding hydrogens is 308 g/mol. The van der Waals surface area contributed by atoms with Crippen LogP contribution in [0.5, 0.6) is 0 Å². The highest BCUT2D eigenvalue weighted by atomic mass is 32.2. The van der Waals surface area contributed by atoms with Crippen molar-refractivity contribution in [1.29, 1.82) is 0 Å². The number of amides is 2. The fourth-order valence-electron chi connectivity index (χ4n) is 1.43. The van der Waals surface area contributed by atoms with E-state index in [1.807, 2.05) is 0 Å². The molecule has 0 aliphatic heterocycles. The third kappa shape index (κ3) is 10.3. The van der Waals surface area contributed by atoms with E-state index in [9.17, 15) is 14.4 Å². The van der Waals surface area contributed by atoms with Gasteiger partial charge in [-0.15, -0.1) is 0 Å². The number of hydrogen-bond donors (Lipinski definition) is 2. The Labute approximate surface area is 134 Å². The molecule has 0 fully saturated rings. The molecule has 8 heteroatoms. The molecule has 0 bridgehead atoms. The van der Waals surface area contributed by atoms with Gasteiger partial charge >= 0.3 is 12.1 Å². The van der Waals surface area contributed by atoms with Gasteiger partial charge in [-0.25, -0.2) is 4.79 Å². The Morgan fingerprint density at radius 2 is 1.77 bits per heavy atom. The number of carbonyl (C=O) groups is 3. The quantitative estimate of drug-likeness (QED) is 0.520. The molecule has 7 nitrogen and oxygen atoms in total. The topological polar surface area (TPSA) is 93.7 Å². The van der Waals surface area contributed by atoms with Gasteiger partial charge in [-0.05, 0) is 31.7 Å². The van der Waals surface area contributed by atoms with Crippen molar-refractivity contribution < 1.29 is 23.9 Å². The third-order valence-corrected chi connectivity index (χ3v) is 3.51. The Morgan fingerprint density at radius 3 is 2.23 bits per heavy atom. The van der Waals surface area contributed by atoms with Crippen molar-refractivity contribution in [3.63, 3.8) is 0 Å². The fourth-order valence-corrected chi connectivity index (χ4v) is 2.13. The van der Waals surface area contributed by atoms with E-state index >= 15 is 0 Å². The van der Waals surface area contributed by atoms with Gasteiger partial charge in [-0.3, -0.25) is 9.59 Å². The summed E-state index contributed by atoms with van der Waals surface area (Å²) in [6.07, 6.45) is 3.92. The number of nitrogens with one attached hydrogen (secondary N) is 2. The summed E-state index contributed by atoms with van der Waals surface area (Å²) in [5.41, 5.74) is -0.642. The summed E-state index contributed by atoms with van der Waals surface area (Å²) in [6.45, 7) is 5.00. The molecule has 0 radical (unpaired) electrons. The van der Waals surface area contributed by atoms with E-state index < -0.39 is 29.6 Å². The average Bonchev–Trinajstić information content (AvgIpc) is 2.37. The van der Waals surface area contributed by atoms with Gasteiger partial charge in [0.1, 0.15) is 23.9 Å². The van der Waals surface area contributed by atoms with Gasteiger partial charge in [0.2, 0.25) is 5.91 Å². The van der Waals surface area contributed by atoms with E-state index in [4.69, 9.17) is 4.74 Å². The minimum Gasteiger partial charge on any atom is -0.468 e. The van der Waals surface area contributed by atoms with Crippen LogP contribution in [0.4, 0.5) is 4.79 Å². The monoisotopic (exact) mass is 335 g/mol. The second-order valence-electron chi connectivity index (χ2n) is 5.97. The lowest BCUT2D eigenvalue weighted by atomic mass is 10.2. The Bertz CT molecular complexity index is 393. The molecule has 0 spiro atoms. The van der Waals surface area contributed by atoms with Gasteiger partial charge in [-0.1, -0.05) is 0 Å². The molecule has 0 saturated heterocycles. The number of esters is 1. The first-order valence-electron chi connectivity index (χ1n) is 6.93. The highest BCUT2D eigenvalue weighted by molar-refractivity contribution is 7.95. The summed E-state index contributed by atoms with van der Waals surface area (Å²) in [4.78, 5) is 35.0. The summed E-state index contributed by atoms with van der Waals surface area (Å²) < 4.78 is 9.61.